The summed E-state index contributed by atoms with van der Waals surface area (Å²) in [5, 5.41) is 0.746. The van der Waals surface area contributed by atoms with Gasteiger partial charge in [-0.15, -0.1) is 12.3 Å². The highest BCUT2D eigenvalue weighted by atomic mass is 32.2. The Labute approximate surface area is 155 Å². The Hall–Kier alpha value is -2.92. The minimum Gasteiger partial charge on any atom is -0.497 e. The molecule has 0 unspecified atom stereocenters. The standard InChI is InChI=1S/C18H19N5O2S/c1-4-5-6-9-23-17-15(16(19)20-11-21-17)22-18(23)26-14-10-12(24-2)7-8-13(14)25-3/h1,7-8,10-11H,5-6,9H2,2-3H3,(H2,19,20,21). The Bertz CT molecular complexity index is 964. The van der Waals surface area contributed by atoms with Crippen LogP contribution >= 0.6 is 11.8 Å². The first-order valence-electron chi connectivity index (χ1n) is 7.98. The summed E-state index contributed by atoms with van der Waals surface area (Å²) in [4.78, 5) is 13.9. The van der Waals surface area contributed by atoms with Gasteiger partial charge in [0.1, 0.15) is 17.8 Å². The normalized spacial score (nSPS) is 10.7. The number of hydrogen-bond donors (Lipinski definition) is 1. The zero-order valence-electron chi connectivity index (χ0n) is 14.6. The van der Waals surface area contributed by atoms with Gasteiger partial charge in [-0.2, -0.15) is 0 Å². The lowest BCUT2D eigenvalue weighted by Crippen LogP contribution is -2.02. The number of methoxy groups -OCH3 is 2. The number of ether oxygens (including phenoxy) is 2. The Kier molecular flexibility index (Phi) is 5.49. The number of benzene rings is 1. The van der Waals surface area contributed by atoms with Crippen LogP contribution in [0.4, 0.5) is 5.82 Å². The first-order chi connectivity index (χ1) is 12.7. The number of rotatable bonds is 7. The number of hydrogen-bond acceptors (Lipinski definition) is 7. The van der Waals surface area contributed by atoms with E-state index in [-0.39, 0.29) is 0 Å². The fraction of sp³-hybridized carbons (Fsp3) is 0.278. The van der Waals surface area contributed by atoms with Crippen molar-refractivity contribution in [2.45, 2.75) is 29.4 Å². The maximum absolute atomic E-state index is 5.98. The molecule has 26 heavy (non-hydrogen) atoms. The maximum atomic E-state index is 5.98. The van der Waals surface area contributed by atoms with Crippen LogP contribution in [0.2, 0.25) is 0 Å². The third kappa shape index (κ3) is 3.53. The van der Waals surface area contributed by atoms with Gasteiger partial charge in [-0.25, -0.2) is 15.0 Å². The summed E-state index contributed by atoms with van der Waals surface area (Å²) < 4.78 is 12.8. The highest BCUT2D eigenvalue weighted by Crippen LogP contribution is 2.38. The maximum Gasteiger partial charge on any atom is 0.175 e. The van der Waals surface area contributed by atoms with E-state index in [1.54, 1.807) is 14.2 Å². The molecule has 0 spiro atoms. The first-order valence-corrected chi connectivity index (χ1v) is 8.79. The Morgan fingerprint density at radius 1 is 1.27 bits per heavy atom. The van der Waals surface area contributed by atoms with Gasteiger partial charge in [0.05, 0.1) is 19.1 Å². The molecule has 2 heterocycles. The fourth-order valence-electron chi connectivity index (χ4n) is 2.51. The van der Waals surface area contributed by atoms with E-state index in [1.807, 2.05) is 22.8 Å². The summed E-state index contributed by atoms with van der Waals surface area (Å²) in [5.41, 5.74) is 7.25. The summed E-state index contributed by atoms with van der Waals surface area (Å²) in [7, 11) is 3.26. The van der Waals surface area contributed by atoms with Crippen molar-refractivity contribution in [1.29, 1.82) is 0 Å². The molecule has 0 bridgehead atoms. The monoisotopic (exact) mass is 369 g/mol. The van der Waals surface area contributed by atoms with Crippen LogP contribution in [-0.4, -0.2) is 33.7 Å². The Morgan fingerprint density at radius 3 is 2.85 bits per heavy atom. The van der Waals surface area contributed by atoms with Gasteiger partial charge in [-0.3, -0.25) is 0 Å². The van der Waals surface area contributed by atoms with Gasteiger partial charge >= 0.3 is 0 Å². The number of nitrogens with two attached hydrogens (primary N) is 1. The molecule has 8 heteroatoms. The molecule has 0 aliphatic heterocycles. The number of nitrogens with zero attached hydrogens (tertiary/aromatic N) is 4. The molecule has 0 amide bonds. The van der Waals surface area contributed by atoms with Gasteiger partial charge in [0.2, 0.25) is 0 Å². The molecule has 3 aromatic rings. The second-order valence-electron chi connectivity index (χ2n) is 5.40. The van der Waals surface area contributed by atoms with Crippen LogP contribution in [0.5, 0.6) is 11.5 Å². The molecule has 0 aliphatic rings. The lowest BCUT2D eigenvalue weighted by molar-refractivity contribution is 0.394. The number of fused-ring (bicyclic) bond motifs is 1. The minimum absolute atomic E-state index is 0.352. The number of aromatic nitrogens is 4. The second kappa shape index (κ2) is 7.97. The number of nitrogen functional groups attached to an aromatic ring is 1. The fourth-order valence-corrected chi connectivity index (χ4v) is 3.56. The van der Waals surface area contributed by atoms with E-state index in [1.165, 1.54) is 18.1 Å². The molecule has 2 N–H and O–H groups in total. The largest absolute Gasteiger partial charge is 0.497 e. The SMILES string of the molecule is C#CCCCn1c(Sc2cc(OC)ccc2OC)nc2c(N)ncnc21. The van der Waals surface area contributed by atoms with E-state index < -0.39 is 0 Å². The van der Waals surface area contributed by atoms with Gasteiger partial charge in [-0.05, 0) is 36.4 Å². The van der Waals surface area contributed by atoms with Crippen molar-refractivity contribution in [3.05, 3.63) is 24.5 Å². The van der Waals surface area contributed by atoms with Crippen molar-refractivity contribution in [1.82, 2.24) is 19.5 Å². The van der Waals surface area contributed by atoms with Crippen LogP contribution < -0.4 is 15.2 Å². The molecule has 1 aromatic carbocycles. The van der Waals surface area contributed by atoms with Crippen LogP contribution in [0, 0.1) is 12.3 Å². The van der Waals surface area contributed by atoms with Crippen molar-refractivity contribution < 1.29 is 9.47 Å². The first kappa shape index (κ1) is 17.9. The summed E-state index contributed by atoms with van der Waals surface area (Å²) in [6, 6.07) is 5.62. The highest BCUT2D eigenvalue weighted by molar-refractivity contribution is 7.99. The number of imidazole rings is 1. The van der Waals surface area contributed by atoms with E-state index >= 15 is 0 Å². The van der Waals surface area contributed by atoms with Crippen LogP contribution in [0.1, 0.15) is 12.8 Å². The van der Waals surface area contributed by atoms with E-state index in [0.717, 1.165) is 28.0 Å². The predicted octanol–water partition coefficient (Wildman–Crippen LogP) is 2.99. The minimum atomic E-state index is 0.352. The van der Waals surface area contributed by atoms with Crippen LogP contribution in [0.3, 0.4) is 0 Å². The molecule has 0 aliphatic carbocycles. The summed E-state index contributed by atoms with van der Waals surface area (Å²) in [6.07, 6.45) is 8.31. The third-order valence-corrected chi connectivity index (χ3v) is 4.83. The molecule has 2 aromatic heterocycles. The van der Waals surface area contributed by atoms with E-state index in [2.05, 4.69) is 20.9 Å². The van der Waals surface area contributed by atoms with Gasteiger partial charge in [0.25, 0.3) is 0 Å². The third-order valence-electron chi connectivity index (χ3n) is 3.80. The van der Waals surface area contributed by atoms with Crippen molar-refractivity contribution in [3.8, 4) is 23.8 Å². The molecule has 3 rings (SSSR count). The van der Waals surface area contributed by atoms with Crippen LogP contribution in [-0.2, 0) is 6.54 Å². The zero-order chi connectivity index (χ0) is 18.5. The smallest absolute Gasteiger partial charge is 0.175 e. The molecule has 134 valence electrons. The van der Waals surface area contributed by atoms with Crippen molar-refractivity contribution in [3.63, 3.8) is 0 Å². The summed E-state index contributed by atoms with van der Waals surface area (Å²) in [5.74, 6) is 4.48. The quantitative estimate of drug-likeness (QED) is 0.506. The summed E-state index contributed by atoms with van der Waals surface area (Å²) in [6.45, 7) is 0.686. The molecule has 7 nitrogen and oxygen atoms in total. The molecule has 0 saturated heterocycles. The number of terminal acetylenes is 1. The highest BCUT2D eigenvalue weighted by Gasteiger charge is 2.17. The lowest BCUT2D eigenvalue weighted by atomic mass is 10.3. The lowest BCUT2D eigenvalue weighted by Gasteiger charge is -2.11. The van der Waals surface area contributed by atoms with Gasteiger partial charge < -0.3 is 19.8 Å². The molecular weight excluding hydrogens is 350 g/mol. The molecular formula is C18H19N5O2S. The Balaban J connectivity index is 2.05. The molecule has 0 saturated carbocycles. The number of aryl methyl sites for hydroxylation is 1. The number of anilines is 1. The van der Waals surface area contributed by atoms with Crippen molar-refractivity contribution >= 4 is 28.7 Å². The topological polar surface area (TPSA) is 88.1 Å². The summed E-state index contributed by atoms with van der Waals surface area (Å²) >= 11 is 1.46. The van der Waals surface area contributed by atoms with Crippen LogP contribution in [0.15, 0.2) is 34.6 Å². The van der Waals surface area contributed by atoms with Gasteiger partial charge in [-0.1, -0.05) is 0 Å². The molecule has 0 fully saturated rings. The second-order valence-corrected chi connectivity index (χ2v) is 6.41. The van der Waals surface area contributed by atoms with E-state index in [9.17, 15) is 0 Å². The van der Waals surface area contributed by atoms with Crippen LogP contribution in [0.25, 0.3) is 11.2 Å². The molecule has 0 atom stereocenters. The van der Waals surface area contributed by atoms with Gasteiger partial charge in [0, 0.05) is 13.0 Å². The number of unbranched alkanes of at least 4 members (excludes halogenated alkanes) is 1. The Morgan fingerprint density at radius 2 is 2.12 bits per heavy atom. The van der Waals surface area contributed by atoms with Crippen molar-refractivity contribution in [2.75, 3.05) is 20.0 Å². The van der Waals surface area contributed by atoms with Gasteiger partial charge in [0.15, 0.2) is 22.1 Å². The zero-order valence-corrected chi connectivity index (χ0v) is 15.4. The molecule has 0 radical (unpaired) electrons. The average Bonchev–Trinajstić information content (AvgIpc) is 3.01. The predicted molar refractivity (Wildman–Crippen MR) is 101 cm³/mol. The van der Waals surface area contributed by atoms with E-state index in [4.69, 9.17) is 21.6 Å². The van der Waals surface area contributed by atoms with Crippen molar-refractivity contribution in [2.24, 2.45) is 0 Å². The van der Waals surface area contributed by atoms with E-state index in [0.29, 0.717) is 29.9 Å². The average molecular weight is 369 g/mol.